The van der Waals surface area contributed by atoms with Gasteiger partial charge in [-0.15, -0.1) is 0 Å². The Balaban J connectivity index is 3.09. The molecular weight excluding hydrogens is 198 g/mol. The van der Waals surface area contributed by atoms with Gasteiger partial charge in [0.25, 0.3) is 0 Å². The van der Waals surface area contributed by atoms with E-state index in [0.717, 1.165) is 24.5 Å². The number of aryl methyl sites for hydroxylation is 1. The van der Waals surface area contributed by atoms with Crippen LogP contribution in [0.4, 0.5) is 5.82 Å². The molecule has 0 bridgehead atoms. The third kappa shape index (κ3) is 2.96. The van der Waals surface area contributed by atoms with Gasteiger partial charge in [-0.3, -0.25) is 0 Å². The van der Waals surface area contributed by atoms with Crippen molar-refractivity contribution in [2.75, 3.05) is 11.4 Å². The Kier molecular flexibility index (Phi) is 4.30. The maximum Gasteiger partial charge on any atom is 0.130 e. The quantitative estimate of drug-likeness (QED) is 0.778. The van der Waals surface area contributed by atoms with Crippen molar-refractivity contribution in [2.45, 2.75) is 40.2 Å². The van der Waals surface area contributed by atoms with Gasteiger partial charge in [-0.25, -0.2) is 4.98 Å². The summed E-state index contributed by atoms with van der Waals surface area (Å²) in [5.41, 5.74) is 1.58. The average molecular weight is 217 g/mol. The summed E-state index contributed by atoms with van der Waals surface area (Å²) in [4.78, 5) is 6.73. The van der Waals surface area contributed by atoms with Crippen LogP contribution in [-0.2, 0) is 0 Å². The van der Waals surface area contributed by atoms with Gasteiger partial charge in [0.15, 0.2) is 0 Å². The maximum atomic E-state index is 8.94. The zero-order valence-corrected chi connectivity index (χ0v) is 10.5. The fraction of sp³-hybridized carbons (Fsp3) is 0.538. The first-order chi connectivity index (χ1) is 7.58. The van der Waals surface area contributed by atoms with Gasteiger partial charge in [0.2, 0.25) is 0 Å². The molecule has 0 fully saturated rings. The standard InChI is InChI=1S/C13H19N3/c1-5-6-16(10(2)3)13-8-12(9-14)7-11(4)15-13/h7-8,10H,5-6H2,1-4H3. The molecule has 0 amide bonds. The van der Waals surface area contributed by atoms with Crippen molar-refractivity contribution in [2.24, 2.45) is 0 Å². The lowest BCUT2D eigenvalue weighted by Gasteiger charge is -2.27. The van der Waals surface area contributed by atoms with E-state index in [9.17, 15) is 0 Å². The van der Waals surface area contributed by atoms with E-state index >= 15 is 0 Å². The zero-order chi connectivity index (χ0) is 12.1. The average Bonchev–Trinajstić information content (AvgIpc) is 2.24. The summed E-state index contributed by atoms with van der Waals surface area (Å²) in [7, 11) is 0. The fourth-order valence-electron chi connectivity index (χ4n) is 1.74. The molecule has 3 heteroatoms. The SMILES string of the molecule is CCCN(c1cc(C#N)cc(C)n1)C(C)C. The second-order valence-electron chi connectivity index (χ2n) is 4.25. The van der Waals surface area contributed by atoms with E-state index in [1.165, 1.54) is 0 Å². The van der Waals surface area contributed by atoms with Crippen LogP contribution in [0.3, 0.4) is 0 Å². The molecule has 0 aliphatic heterocycles. The first-order valence-corrected chi connectivity index (χ1v) is 5.74. The molecule has 0 radical (unpaired) electrons. The topological polar surface area (TPSA) is 39.9 Å². The summed E-state index contributed by atoms with van der Waals surface area (Å²) >= 11 is 0. The van der Waals surface area contributed by atoms with E-state index in [4.69, 9.17) is 5.26 Å². The molecule has 3 nitrogen and oxygen atoms in total. The zero-order valence-electron chi connectivity index (χ0n) is 10.5. The number of rotatable bonds is 4. The van der Waals surface area contributed by atoms with Crippen molar-refractivity contribution in [3.8, 4) is 6.07 Å². The Labute approximate surface area is 97.7 Å². The van der Waals surface area contributed by atoms with E-state index in [2.05, 4.69) is 36.7 Å². The molecule has 1 heterocycles. The molecule has 1 aromatic heterocycles. The van der Waals surface area contributed by atoms with Crippen LogP contribution in [0.15, 0.2) is 12.1 Å². The molecule has 1 rings (SSSR count). The highest BCUT2D eigenvalue weighted by atomic mass is 15.2. The van der Waals surface area contributed by atoms with Gasteiger partial charge < -0.3 is 4.90 Å². The summed E-state index contributed by atoms with van der Waals surface area (Å²) in [5.74, 6) is 0.911. The van der Waals surface area contributed by atoms with Gasteiger partial charge in [0, 0.05) is 18.3 Å². The normalized spacial score (nSPS) is 10.2. The summed E-state index contributed by atoms with van der Waals surface area (Å²) in [6.07, 6.45) is 1.08. The number of hydrogen-bond donors (Lipinski definition) is 0. The summed E-state index contributed by atoms with van der Waals surface area (Å²) < 4.78 is 0. The van der Waals surface area contributed by atoms with E-state index < -0.39 is 0 Å². The van der Waals surface area contributed by atoms with E-state index in [-0.39, 0.29) is 0 Å². The van der Waals surface area contributed by atoms with Gasteiger partial charge in [0.1, 0.15) is 5.82 Å². The predicted molar refractivity (Wildman–Crippen MR) is 66.5 cm³/mol. The first-order valence-electron chi connectivity index (χ1n) is 5.74. The van der Waals surface area contributed by atoms with Crippen molar-refractivity contribution in [3.05, 3.63) is 23.4 Å². The van der Waals surface area contributed by atoms with Crippen LogP contribution in [-0.4, -0.2) is 17.6 Å². The molecule has 0 atom stereocenters. The Morgan fingerprint density at radius 1 is 1.44 bits per heavy atom. The predicted octanol–water partition coefficient (Wildman–Crippen LogP) is 2.89. The molecule has 0 saturated heterocycles. The molecule has 86 valence electrons. The van der Waals surface area contributed by atoms with Gasteiger partial charge in [0.05, 0.1) is 11.6 Å². The van der Waals surface area contributed by atoms with Crippen LogP contribution in [0.5, 0.6) is 0 Å². The number of hydrogen-bond acceptors (Lipinski definition) is 3. The third-order valence-corrected chi connectivity index (χ3v) is 2.45. The number of pyridine rings is 1. The highest BCUT2D eigenvalue weighted by Gasteiger charge is 2.12. The minimum atomic E-state index is 0.404. The lowest BCUT2D eigenvalue weighted by molar-refractivity contribution is 0.661. The molecule has 1 aromatic rings. The lowest BCUT2D eigenvalue weighted by atomic mass is 10.2. The van der Waals surface area contributed by atoms with Crippen molar-refractivity contribution in [1.29, 1.82) is 5.26 Å². The highest BCUT2D eigenvalue weighted by molar-refractivity contribution is 5.47. The van der Waals surface area contributed by atoms with E-state index in [0.29, 0.717) is 11.6 Å². The Morgan fingerprint density at radius 2 is 2.12 bits per heavy atom. The molecule has 0 aliphatic carbocycles. The monoisotopic (exact) mass is 217 g/mol. The third-order valence-electron chi connectivity index (χ3n) is 2.45. The largest absolute Gasteiger partial charge is 0.354 e. The smallest absolute Gasteiger partial charge is 0.130 e. The molecule has 0 saturated carbocycles. The maximum absolute atomic E-state index is 8.94. The second kappa shape index (κ2) is 5.50. The highest BCUT2D eigenvalue weighted by Crippen LogP contribution is 2.17. The molecule has 0 spiro atoms. The van der Waals surface area contributed by atoms with Gasteiger partial charge in [-0.1, -0.05) is 6.92 Å². The number of aromatic nitrogens is 1. The summed E-state index contributed by atoms with van der Waals surface area (Å²) in [6.45, 7) is 9.33. The molecule has 0 aromatic carbocycles. The van der Waals surface area contributed by atoms with Crippen LogP contribution < -0.4 is 4.90 Å². The van der Waals surface area contributed by atoms with Crippen molar-refractivity contribution in [1.82, 2.24) is 4.98 Å². The molecule has 0 aliphatic rings. The lowest BCUT2D eigenvalue weighted by Crippen LogP contribution is -2.32. The van der Waals surface area contributed by atoms with Crippen LogP contribution >= 0.6 is 0 Å². The van der Waals surface area contributed by atoms with Crippen LogP contribution in [0, 0.1) is 18.3 Å². The molecule has 0 N–H and O–H groups in total. The Bertz CT molecular complexity index is 391. The number of anilines is 1. The first kappa shape index (κ1) is 12.5. The van der Waals surface area contributed by atoms with Crippen molar-refractivity contribution < 1.29 is 0 Å². The molecule has 16 heavy (non-hydrogen) atoms. The minimum Gasteiger partial charge on any atom is -0.354 e. The summed E-state index contributed by atoms with van der Waals surface area (Å²) in [6, 6.07) is 6.26. The van der Waals surface area contributed by atoms with Crippen molar-refractivity contribution >= 4 is 5.82 Å². The van der Waals surface area contributed by atoms with Gasteiger partial charge >= 0.3 is 0 Å². The van der Waals surface area contributed by atoms with Crippen LogP contribution in [0.1, 0.15) is 38.4 Å². The minimum absolute atomic E-state index is 0.404. The van der Waals surface area contributed by atoms with E-state index in [1.807, 2.05) is 19.1 Å². The van der Waals surface area contributed by atoms with Crippen LogP contribution in [0.2, 0.25) is 0 Å². The summed E-state index contributed by atoms with van der Waals surface area (Å²) in [5, 5.41) is 8.94. The van der Waals surface area contributed by atoms with Crippen molar-refractivity contribution in [3.63, 3.8) is 0 Å². The Morgan fingerprint density at radius 3 is 2.62 bits per heavy atom. The number of nitriles is 1. The van der Waals surface area contributed by atoms with Crippen LogP contribution in [0.25, 0.3) is 0 Å². The fourth-order valence-corrected chi connectivity index (χ4v) is 1.74. The molecular formula is C13H19N3. The van der Waals surface area contributed by atoms with Gasteiger partial charge in [-0.2, -0.15) is 5.26 Å². The van der Waals surface area contributed by atoms with Gasteiger partial charge in [-0.05, 0) is 39.3 Å². The Hall–Kier alpha value is -1.56. The second-order valence-corrected chi connectivity index (χ2v) is 4.25. The molecule has 0 unspecified atom stereocenters. The van der Waals surface area contributed by atoms with E-state index in [1.54, 1.807) is 0 Å². The number of nitrogens with zero attached hydrogens (tertiary/aromatic N) is 3.